The molecule has 0 aliphatic rings. The summed E-state index contributed by atoms with van der Waals surface area (Å²) in [6.45, 7) is 5.79. The summed E-state index contributed by atoms with van der Waals surface area (Å²) in [7, 11) is 0. The number of carbonyl (C=O) groups is 1. The maximum absolute atomic E-state index is 12.7. The number of nitrogens with zero attached hydrogens (tertiary/aromatic N) is 2. The number of hydrogen-bond acceptors (Lipinski definition) is 4. The fraction of sp³-hybridized carbons (Fsp3) is 0.235. The lowest BCUT2D eigenvalue weighted by Crippen LogP contribution is -2.08. The number of ketones is 1. The molecule has 0 atom stereocenters. The van der Waals surface area contributed by atoms with Crippen LogP contribution in [-0.4, -0.2) is 16.0 Å². The van der Waals surface area contributed by atoms with Crippen LogP contribution in [0.2, 0.25) is 0 Å². The van der Waals surface area contributed by atoms with Gasteiger partial charge < -0.3 is 4.42 Å². The molecule has 3 aromatic rings. The molecule has 2 heterocycles. The van der Waals surface area contributed by atoms with Crippen molar-refractivity contribution in [3.63, 3.8) is 0 Å². The van der Waals surface area contributed by atoms with Crippen molar-refractivity contribution in [2.24, 2.45) is 0 Å². The maximum Gasteiger partial charge on any atom is 0.230 e. The van der Waals surface area contributed by atoms with Gasteiger partial charge in [-0.2, -0.15) is 10.2 Å². The normalized spacial score (nSPS) is 11.0. The third-order valence-electron chi connectivity index (χ3n) is 3.47. The average Bonchev–Trinajstić information content (AvgIpc) is 2.89. The van der Waals surface area contributed by atoms with Gasteiger partial charge in [-0.1, -0.05) is 18.6 Å². The third kappa shape index (κ3) is 2.44. The maximum atomic E-state index is 12.7. The van der Waals surface area contributed by atoms with E-state index in [1.165, 1.54) is 0 Å². The summed E-state index contributed by atoms with van der Waals surface area (Å²) in [4.78, 5) is 12.7. The average molecular weight is 280 g/mol. The Morgan fingerprint density at radius 2 is 1.95 bits per heavy atom. The monoisotopic (exact) mass is 280 g/mol. The first-order valence-electron chi connectivity index (χ1n) is 6.96. The Kier molecular flexibility index (Phi) is 3.29. The second-order valence-electron chi connectivity index (χ2n) is 5.18. The molecule has 0 saturated heterocycles. The van der Waals surface area contributed by atoms with E-state index in [1.807, 2.05) is 39.0 Å². The van der Waals surface area contributed by atoms with E-state index < -0.39 is 0 Å². The molecule has 4 heteroatoms. The molecule has 0 radical (unpaired) electrons. The van der Waals surface area contributed by atoms with Crippen LogP contribution < -0.4 is 0 Å². The lowest BCUT2D eigenvalue weighted by Gasteiger charge is -2.04. The summed E-state index contributed by atoms with van der Waals surface area (Å²) in [5.74, 6) is 0.205. The Balaban J connectivity index is 2.10. The summed E-state index contributed by atoms with van der Waals surface area (Å²) in [5, 5.41) is 9.05. The molecule has 0 amide bonds. The fourth-order valence-electron chi connectivity index (χ4n) is 2.38. The van der Waals surface area contributed by atoms with Crippen molar-refractivity contribution in [3.8, 4) is 0 Å². The van der Waals surface area contributed by atoms with E-state index in [0.717, 1.165) is 22.2 Å². The largest absolute Gasteiger partial charge is 0.453 e. The molecule has 1 aromatic carbocycles. The summed E-state index contributed by atoms with van der Waals surface area (Å²) >= 11 is 0. The van der Waals surface area contributed by atoms with Gasteiger partial charge in [0.15, 0.2) is 5.76 Å². The third-order valence-corrected chi connectivity index (χ3v) is 3.47. The van der Waals surface area contributed by atoms with Gasteiger partial charge >= 0.3 is 0 Å². The van der Waals surface area contributed by atoms with Gasteiger partial charge in [0.25, 0.3) is 0 Å². The van der Waals surface area contributed by atoms with E-state index in [9.17, 15) is 4.79 Å². The van der Waals surface area contributed by atoms with Crippen LogP contribution in [-0.2, 0) is 6.42 Å². The predicted molar refractivity (Wildman–Crippen MR) is 80.5 cm³/mol. The Hall–Kier alpha value is -2.49. The van der Waals surface area contributed by atoms with E-state index in [1.54, 1.807) is 12.1 Å². The second-order valence-corrected chi connectivity index (χ2v) is 5.18. The molecule has 3 rings (SSSR count). The van der Waals surface area contributed by atoms with Crippen molar-refractivity contribution >= 4 is 16.8 Å². The Morgan fingerprint density at radius 3 is 2.71 bits per heavy atom. The highest BCUT2D eigenvalue weighted by Crippen LogP contribution is 2.23. The molecule has 21 heavy (non-hydrogen) atoms. The Morgan fingerprint density at radius 1 is 1.14 bits per heavy atom. The summed E-state index contributed by atoms with van der Waals surface area (Å²) in [6.07, 6.45) is 0.660. The van der Waals surface area contributed by atoms with Crippen molar-refractivity contribution in [2.45, 2.75) is 27.2 Å². The van der Waals surface area contributed by atoms with Crippen LogP contribution in [0, 0.1) is 13.8 Å². The molecule has 2 aromatic heterocycles. The SMILES string of the molecule is CCc1nnc(C)cc1C(=O)c1cc2cc(C)ccc2o1. The van der Waals surface area contributed by atoms with E-state index in [0.29, 0.717) is 23.4 Å². The van der Waals surface area contributed by atoms with E-state index in [4.69, 9.17) is 4.42 Å². The summed E-state index contributed by atoms with van der Waals surface area (Å²) in [5.41, 5.74) is 3.85. The predicted octanol–water partition coefficient (Wildman–Crippen LogP) is 3.63. The van der Waals surface area contributed by atoms with Gasteiger partial charge in [0.2, 0.25) is 5.78 Å². The smallest absolute Gasteiger partial charge is 0.230 e. The van der Waals surface area contributed by atoms with Crippen LogP contribution in [0.3, 0.4) is 0 Å². The second kappa shape index (κ2) is 5.13. The van der Waals surface area contributed by atoms with Crippen molar-refractivity contribution in [3.05, 3.63) is 58.6 Å². The van der Waals surface area contributed by atoms with Crippen LogP contribution in [0.15, 0.2) is 34.7 Å². The Bertz CT molecular complexity index is 834. The van der Waals surface area contributed by atoms with Crippen molar-refractivity contribution in [1.82, 2.24) is 10.2 Å². The zero-order valence-electron chi connectivity index (χ0n) is 12.3. The molecule has 0 spiro atoms. The lowest BCUT2D eigenvalue weighted by atomic mass is 10.1. The van der Waals surface area contributed by atoms with Crippen LogP contribution in [0.25, 0.3) is 11.0 Å². The van der Waals surface area contributed by atoms with Gasteiger partial charge in [-0.3, -0.25) is 4.79 Å². The summed E-state index contributed by atoms with van der Waals surface area (Å²) < 4.78 is 5.68. The molecule has 0 aliphatic carbocycles. The van der Waals surface area contributed by atoms with E-state index in [2.05, 4.69) is 10.2 Å². The van der Waals surface area contributed by atoms with E-state index >= 15 is 0 Å². The standard InChI is InChI=1S/C17H16N2O2/c1-4-14-13(8-11(3)18-19-14)17(20)16-9-12-7-10(2)5-6-15(12)21-16/h5-9H,4H2,1-3H3. The number of furan rings is 1. The Labute approximate surface area is 122 Å². The van der Waals surface area contributed by atoms with Gasteiger partial charge in [-0.05, 0) is 44.5 Å². The van der Waals surface area contributed by atoms with Crippen LogP contribution in [0.4, 0.5) is 0 Å². The minimum Gasteiger partial charge on any atom is -0.453 e. The van der Waals surface area contributed by atoms with Gasteiger partial charge in [-0.15, -0.1) is 0 Å². The topological polar surface area (TPSA) is 56.0 Å². The highest BCUT2D eigenvalue weighted by molar-refractivity contribution is 6.09. The molecule has 0 bridgehead atoms. The molecule has 0 saturated carbocycles. The molecule has 0 N–H and O–H groups in total. The zero-order valence-corrected chi connectivity index (χ0v) is 12.3. The first-order chi connectivity index (χ1) is 10.1. The van der Waals surface area contributed by atoms with Crippen LogP contribution in [0.5, 0.6) is 0 Å². The highest BCUT2D eigenvalue weighted by atomic mass is 16.3. The molecular weight excluding hydrogens is 264 g/mol. The van der Waals surface area contributed by atoms with E-state index in [-0.39, 0.29) is 5.78 Å². The van der Waals surface area contributed by atoms with Gasteiger partial charge in [0.1, 0.15) is 5.58 Å². The first-order valence-corrected chi connectivity index (χ1v) is 6.96. The quantitative estimate of drug-likeness (QED) is 0.687. The number of aryl methyl sites for hydroxylation is 3. The zero-order chi connectivity index (χ0) is 15.0. The molecule has 0 fully saturated rings. The number of carbonyl (C=O) groups excluding carboxylic acids is 1. The van der Waals surface area contributed by atoms with Gasteiger partial charge in [0.05, 0.1) is 17.0 Å². The number of benzene rings is 1. The first kappa shape index (κ1) is 13.5. The minimum absolute atomic E-state index is 0.140. The molecule has 0 unspecified atom stereocenters. The molecular formula is C17H16N2O2. The number of hydrogen-bond donors (Lipinski definition) is 0. The molecule has 4 nitrogen and oxygen atoms in total. The van der Waals surface area contributed by atoms with Gasteiger partial charge in [-0.25, -0.2) is 0 Å². The van der Waals surface area contributed by atoms with Gasteiger partial charge in [0, 0.05) is 5.39 Å². The number of fused-ring (bicyclic) bond motifs is 1. The fourth-order valence-corrected chi connectivity index (χ4v) is 2.38. The number of aromatic nitrogens is 2. The van der Waals surface area contributed by atoms with Crippen LogP contribution >= 0.6 is 0 Å². The molecule has 106 valence electrons. The summed E-state index contributed by atoms with van der Waals surface area (Å²) in [6, 6.07) is 9.42. The van der Waals surface area contributed by atoms with Crippen molar-refractivity contribution < 1.29 is 9.21 Å². The highest BCUT2D eigenvalue weighted by Gasteiger charge is 2.19. The van der Waals surface area contributed by atoms with Crippen molar-refractivity contribution in [2.75, 3.05) is 0 Å². The number of rotatable bonds is 3. The minimum atomic E-state index is -0.140. The lowest BCUT2D eigenvalue weighted by molar-refractivity contribution is 0.101. The van der Waals surface area contributed by atoms with Crippen LogP contribution in [0.1, 0.15) is 40.0 Å². The van der Waals surface area contributed by atoms with Crippen molar-refractivity contribution in [1.29, 1.82) is 0 Å². The molecule has 0 aliphatic heterocycles.